The van der Waals surface area contributed by atoms with E-state index in [1.165, 1.54) is 64.2 Å². The summed E-state index contributed by atoms with van der Waals surface area (Å²) in [5.74, 6) is 3.64. The van der Waals surface area contributed by atoms with E-state index in [4.69, 9.17) is 5.73 Å². The zero-order valence-corrected chi connectivity index (χ0v) is 12.5. The maximum absolute atomic E-state index is 6.47. The van der Waals surface area contributed by atoms with Gasteiger partial charge < -0.3 is 5.73 Å². The first-order chi connectivity index (χ1) is 8.66. The van der Waals surface area contributed by atoms with Crippen LogP contribution < -0.4 is 5.73 Å². The van der Waals surface area contributed by atoms with Gasteiger partial charge in [-0.2, -0.15) is 0 Å². The molecule has 0 radical (unpaired) electrons. The van der Waals surface area contributed by atoms with Gasteiger partial charge in [-0.3, -0.25) is 0 Å². The third-order valence-electron chi connectivity index (χ3n) is 5.88. The largest absolute Gasteiger partial charge is 0.327 e. The summed E-state index contributed by atoms with van der Waals surface area (Å²) in [5.41, 5.74) is 6.47. The van der Waals surface area contributed by atoms with Crippen LogP contribution >= 0.6 is 0 Å². The van der Waals surface area contributed by atoms with E-state index in [1.807, 2.05) is 0 Å². The molecule has 4 unspecified atom stereocenters. The van der Waals surface area contributed by atoms with Gasteiger partial charge in [-0.05, 0) is 49.4 Å². The number of nitrogens with two attached hydrogens (primary N) is 1. The van der Waals surface area contributed by atoms with Crippen LogP contribution in [0.4, 0.5) is 0 Å². The van der Waals surface area contributed by atoms with E-state index in [2.05, 4.69) is 13.8 Å². The second-order valence-corrected chi connectivity index (χ2v) is 7.27. The van der Waals surface area contributed by atoms with Gasteiger partial charge in [0.05, 0.1) is 0 Å². The highest BCUT2D eigenvalue weighted by Crippen LogP contribution is 2.36. The second kappa shape index (κ2) is 6.93. The molecule has 2 aliphatic carbocycles. The quantitative estimate of drug-likeness (QED) is 0.767. The fraction of sp³-hybridized carbons (Fsp3) is 1.00. The molecule has 2 saturated carbocycles. The first-order valence-electron chi connectivity index (χ1n) is 8.42. The van der Waals surface area contributed by atoms with Crippen molar-refractivity contribution in [2.75, 3.05) is 0 Å². The standard InChI is InChI=1S/C17H33N/c1-13-8-10-16(12-14(13)2)17(18)11-9-15-6-4-3-5-7-15/h13-17H,3-12,18H2,1-2H3. The van der Waals surface area contributed by atoms with Crippen molar-refractivity contribution in [2.45, 2.75) is 84.1 Å². The predicted molar refractivity (Wildman–Crippen MR) is 79.5 cm³/mol. The topological polar surface area (TPSA) is 26.0 Å². The summed E-state index contributed by atoms with van der Waals surface area (Å²) in [4.78, 5) is 0. The minimum atomic E-state index is 0.488. The maximum atomic E-state index is 6.47. The van der Waals surface area contributed by atoms with Crippen molar-refractivity contribution in [1.29, 1.82) is 0 Å². The van der Waals surface area contributed by atoms with Gasteiger partial charge in [-0.25, -0.2) is 0 Å². The molecule has 0 heterocycles. The van der Waals surface area contributed by atoms with Gasteiger partial charge >= 0.3 is 0 Å². The minimum Gasteiger partial charge on any atom is -0.327 e. The SMILES string of the molecule is CC1CCC(C(N)CCC2CCCCC2)CC1C. The summed E-state index contributed by atoms with van der Waals surface area (Å²) in [5, 5.41) is 0. The van der Waals surface area contributed by atoms with Gasteiger partial charge in [0.1, 0.15) is 0 Å². The van der Waals surface area contributed by atoms with Gasteiger partial charge in [0.15, 0.2) is 0 Å². The highest BCUT2D eigenvalue weighted by molar-refractivity contribution is 4.82. The van der Waals surface area contributed by atoms with Crippen molar-refractivity contribution in [1.82, 2.24) is 0 Å². The molecule has 1 nitrogen and oxygen atoms in total. The molecule has 0 spiro atoms. The number of hydrogen-bond acceptors (Lipinski definition) is 1. The third kappa shape index (κ3) is 3.98. The Kier molecular flexibility index (Phi) is 5.54. The normalized spacial score (nSPS) is 36.5. The van der Waals surface area contributed by atoms with E-state index >= 15 is 0 Å². The van der Waals surface area contributed by atoms with Gasteiger partial charge in [-0.1, -0.05) is 52.4 Å². The summed E-state index contributed by atoms with van der Waals surface area (Å²) in [6, 6.07) is 0.488. The molecule has 0 bridgehead atoms. The van der Waals surface area contributed by atoms with Gasteiger partial charge in [0.25, 0.3) is 0 Å². The zero-order valence-electron chi connectivity index (χ0n) is 12.5. The lowest BCUT2D eigenvalue weighted by molar-refractivity contribution is 0.176. The van der Waals surface area contributed by atoms with Crippen molar-refractivity contribution in [3.8, 4) is 0 Å². The van der Waals surface area contributed by atoms with E-state index in [0.717, 1.165) is 23.7 Å². The van der Waals surface area contributed by atoms with Gasteiger partial charge in [0, 0.05) is 6.04 Å². The smallest absolute Gasteiger partial charge is 0.00673 e. The molecule has 106 valence electrons. The maximum Gasteiger partial charge on any atom is 0.00673 e. The molecule has 0 aromatic heterocycles. The van der Waals surface area contributed by atoms with Crippen LogP contribution in [0.2, 0.25) is 0 Å². The van der Waals surface area contributed by atoms with Gasteiger partial charge in [-0.15, -0.1) is 0 Å². The van der Waals surface area contributed by atoms with Crippen LogP contribution in [0.5, 0.6) is 0 Å². The zero-order chi connectivity index (χ0) is 13.0. The Morgan fingerprint density at radius 3 is 2.33 bits per heavy atom. The highest BCUT2D eigenvalue weighted by atomic mass is 14.7. The molecule has 2 aliphatic rings. The Labute approximate surface area is 114 Å². The van der Waals surface area contributed by atoms with Crippen LogP contribution in [0.1, 0.15) is 78.1 Å². The van der Waals surface area contributed by atoms with Crippen LogP contribution in [-0.2, 0) is 0 Å². The molecule has 0 saturated heterocycles. The molecule has 1 heteroatoms. The fourth-order valence-corrected chi connectivity index (χ4v) is 4.12. The monoisotopic (exact) mass is 251 g/mol. The van der Waals surface area contributed by atoms with Crippen molar-refractivity contribution < 1.29 is 0 Å². The van der Waals surface area contributed by atoms with Crippen LogP contribution in [0.3, 0.4) is 0 Å². The molecule has 0 aromatic carbocycles. The molecular weight excluding hydrogens is 218 g/mol. The molecule has 4 atom stereocenters. The molecule has 0 amide bonds. The second-order valence-electron chi connectivity index (χ2n) is 7.27. The Morgan fingerprint density at radius 1 is 0.944 bits per heavy atom. The molecule has 2 fully saturated rings. The van der Waals surface area contributed by atoms with Crippen molar-refractivity contribution in [3.63, 3.8) is 0 Å². The Hall–Kier alpha value is -0.0400. The lowest BCUT2D eigenvalue weighted by atomic mass is 9.72. The molecule has 0 aromatic rings. The van der Waals surface area contributed by atoms with E-state index < -0.39 is 0 Å². The Morgan fingerprint density at radius 2 is 1.67 bits per heavy atom. The Balaban J connectivity index is 1.69. The van der Waals surface area contributed by atoms with Crippen molar-refractivity contribution in [2.24, 2.45) is 29.4 Å². The lowest BCUT2D eigenvalue weighted by Gasteiger charge is -2.36. The summed E-state index contributed by atoms with van der Waals surface area (Å²) in [6.07, 6.45) is 14.2. The number of rotatable bonds is 4. The van der Waals surface area contributed by atoms with Crippen LogP contribution in [0, 0.1) is 23.7 Å². The summed E-state index contributed by atoms with van der Waals surface area (Å²) < 4.78 is 0. The van der Waals surface area contributed by atoms with E-state index in [0.29, 0.717) is 6.04 Å². The van der Waals surface area contributed by atoms with E-state index in [-0.39, 0.29) is 0 Å². The first kappa shape index (κ1) is 14.4. The summed E-state index contributed by atoms with van der Waals surface area (Å²) in [7, 11) is 0. The fourth-order valence-electron chi connectivity index (χ4n) is 4.12. The van der Waals surface area contributed by atoms with E-state index in [9.17, 15) is 0 Å². The molecular formula is C17H33N. The molecule has 0 aliphatic heterocycles. The minimum absolute atomic E-state index is 0.488. The average molecular weight is 251 g/mol. The highest BCUT2D eigenvalue weighted by Gasteiger charge is 2.28. The van der Waals surface area contributed by atoms with Crippen molar-refractivity contribution >= 4 is 0 Å². The van der Waals surface area contributed by atoms with Crippen molar-refractivity contribution in [3.05, 3.63) is 0 Å². The predicted octanol–water partition coefficient (Wildman–Crippen LogP) is 4.75. The summed E-state index contributed by atoms with van der Waals surface area (Å²) in [6.45, 7) is 4.83. The van der Waals surface area contributed by atoms with Gasteiger partial charge in [0.2, 0.25) is 0 Å². The third-order valence-corrected chi connectivity index (χ3v) is 5.88. The van der Waals surface area contributed by atoms with E-state index in [1.54, 1.807) is 0 Å². The first-order valence-corrected chi connectivity index (χ1v) is 8.42. The van der Waals surface area contributed by atoms with Crippen LogP contribution in [0.25, 0.3) is 0 Å². The average Bonchev–Trinajstić information content (AvgIpc) is 2.40. The molecule has 2 N–H and O–H groups in total. The van der Waals surface area contributed by atoms with Crippen LogP contribution in [-0.4, -0.2) is 6.04 Å². The lowest BCUT2D eigenvalue weighted by Crippen LogP contribution is -2.35. The Bertz CT molecular complexity index is 232. The van der Waals surface area contributed by atoms with Crippen LogP contribution in [0.15, 0.2) is 0 Å². The molecule has 18 heavy (non-hydrogen) atoms. The number of hydrogen-bond donors (Lipinski definition) is 1. The summed E-state index contributed by atoms with van der Waals surface area (Å²) >= 11 is 0. The molecule has 2 rings (SSSR count).